The number of allylic oxidation sites excluding steroid dienone is 1. The lowest BCUT2D eigenvalue weighted by Gasteiger charge is -2.04. The normalized spacial score (nSPS) is 11.0. The quantitative estimate of drug-likeness (QED) is 0.366. The molecule has 0 fully saturated rings. The maximum Gasteiger partial charge on any atom is 0.333 e. The predicted molar refractivity (Wildman–Crippen MR) is 91.6 cm³/mol. The van der Waals surface area contributed by atoms with Gasteiger partial charge in [0.05, 0.1) is 9.75 Å². The fourth-order valence-electron chi connectivity index (χ4n) is 1.20. The number of ether oxygens (including phenoxy) is 1. The van der Waals surface area contributed by atoms with Crippen molar-refractivity contribution in [3.05, 3.63) is 33.5 Å². The highest BCUT2D eigenvalue weighted by atomic mass is 35.5. The minimum absolute atomic E-state index is 0.0582. The molecule has 0 aliphatic carbocycles. The van der Waals surface area contributed by atoms with E-state index >= 15 is 0 Å². The molecule has 0 N–H and O–H groups in total. The number of carbonyl (C=O) groups excluding carboxylic acids is 1. The van der Waals surface area contributed by atoms with Gasteiger partial charge in [0.1, 0.15) is 12.0 Å². The minimum atomic E-state index is -0.545. The van der Waals surface area contributed by atoms with Crippen molar-refractivity contribution in [3.63, 3.8) is 0 Å². The number of carbonyl (C=O) groups is 1. The summed E-state index contributed by atoms with van der Waals surface area (Å²) in [7, 11) is 0. The van der Waals surface area contributed by atoms with Gasteiger partial charge in [-0.2, -0.15) is 0 Å². The molecule has 0 aliphatic rings. The molecule has 0 aliphatic heterocycles. The summed E-state index contributed by atoms with van der Waals surface area (Å²) < 4.78 is 5.04. The lowest BCUT2D eigenvalue weighted by Crippen LogP contribution is -2.13. The molecule has 0 amide bonds. The van der Waals surface area contributed by atoms with Crippen LogP contribution >= 0.6 is 22.9 Å². The van der Waals surface area contributed by atoms with Crippen molar-refractivity contribution in [1.29, 1.82) is 0 Å². The van der Waals surface area contributed by atoms with E-state index in [4.69, 9.17) is 16.3 Å². The zero-order chi connectivity index (χ0) is 16.4. The van der Waals surface area contributed by atoms with E-state index in [1.165, 1.54) is 11.3 Å². The van der Waals surface area contributed by atoms with Gasteiger partial charge < -0.3 is 4.74 Å². The van der Waals surface area contributed by atoms with Crippen LogP contribution in [0.3, 0.4) is 0 Å². The van der Waals surface area contributed by atoms with Crippen LogP contribution in [0.2, 0.25) is 0 Å². The molecule has 0 saturated carbocycles. The number of halogens is 1. The van der Waals surface area contributed by atoms with Gasteiger partial charge in [0.15, 0.2) is 0 Å². The van der Waals surface area contributed by atoms with Crippen molar-refractivity contribution in [2.45, 2.75) is 26.1 Å². The van der Waals surface area contributed by atoms with Gasteiger partial charge in [0.25, 0.3) is 0 Å². The van der Waals surface area contributed by atoms with Gasteiger partial charge in [-0.15, -0.1) is 22.9 Å². The molecule has 1 aromatic heterocycles. The summed E-state index contributed by atoms with van der Waals surface area (Å²) in [5.41, 5.74) is 0.550. The largest absolute Gasteiger partial charge is 0.460 e. The Balaban J connectivity index is 2.57. The molecule has 0 aromatic carbocycles. The molecule has 0 unspecified atom stereocenters. The van der Waals surface area contributed by atoms with Crippen LogP contribution in [0.1, 0.15) is 30.5 Å². The zero-order valence-electron chi connectivity index (χ0n) is 12.6. The van der Waals surface area contributed by atoms with Gasteiger partial charge in [-0.3, -0.25) is 0 Å². The summed E-state index contributed by atoms with van der Waals surface area (Å²) in [4.78, 5) is 13.2. The minimum Gasteiger partial charge on any atom is -0.460 e. The number of thiophene rings is 1. The van der Waals surface area contributed by atoms with E-state index in [1.54, 1.807) is 26.8 Å². The highest BCUT2D eigenvalue weighted by Crippen LogP contribution is 2.14. The summed E-state index contributed by atoms with van der Waals surface area (Å²) in [5, 5.41) is -0.545. The molecule has 1 atom stereocenters. The Morgan fingerprint density at radius 3 is 2.68 bits per heavy atom. The monoisotopic (exact) mass is 330 g/mol. The Morgan fingerprint density at radius 1 is 1.36 bits per heavy atom. The van der Waals surface area contributed by atoms with Crippen LogP contribution in [0.4, 0.5) is 0 Å². The maximum atomic E-state index is 11.5. The maximum absolute atomic E-state index is 11.5. The third-order valence-electron chi connectivity index (χ3n) is 2.45. The van der Waals surface area contributed by atoms with Crippen LogP contribution in [0.5, 0.6) is 0 Å². The first-order valence-corrected chi connectivity index (χ1v) is 7.80. The van der Waals surface area contributed by atoms with E-state index in [1.807, 2.05) is 12.1 Å². The van der Waals surface area contributed by atoms with Crippen LogP contribution in [-0.4, -0.2) is 18.0 Å². The Labute approximate surface area is 140 Å². The molecule has 22 heavy (non-hydrogen) atoms. The first-order chi connectivity index (χ1) is 10.6. The van der Waals surface area contributed by atoms with Crippen LogP contribution < -0.4 is 0 Å². The number of rotatable bonds is 3. The zero-order valence-corrected chi connectivity index (χ0v) is 14.2. The van der Waals surface area contributed by atoms with Gasteiger partial charge in [-0.25, -0.2) is 4.79 Å². The van der Waals surface area contributed by atoms with E-state index in [0.717, 1.165) is 9.75 Å². The van der Waals surface area contributed by atoms with E-state index in [9.17, 15) is 4.79 Å². The van der Waals surface area contributed by atoms with Gasteiger partial charge in [0, 0.05) is 5.57 Å². The van der Waals surface area contributed by atoms with Crippen molar-refractivity contribution in [2.75, 3.05) is 6.61 Å². The molecule has 4 heteroatoms. The smallest absolute Gasteiger partial charge is 0.333 e. The van der Waals surface area contributed by atoms with Gasteiger partial charge in [0.2, 0.25) is 0 Å². The number of hydrogen-bond donors (Lipinski definition) is 0. The molecule has 0 radical (unpaired) electrons. The summed E-state index contributed by atoms with van der Waals surface area (Å²) in [5.74, 6) is 16.5. The third kappa shape index (κ3) is 6.55. The fraction of sp³-hybridized carbons (Fsp3) is 0.278. The molecule has 1 rings (SSSR count). The van der Waals surface area contributed by atoms with Crippen LogP contribution in [0.25, 0.3) is 0 Å². The predicted octanol–water partition coefficient (Wildman–Crippen LogP) is 3.59. The number of alkyl halides is 1. The molecular formula is C18H15ClO2S. The SMILES string of the molecule is CC#CC#Cc1ccc(C#C[C@H](Cl)COC(=O)/C(C)=C\C)s1. The Kier molecular flexibility index (Phi) is 7.95. The van der Waals surface area contributed by atoms with Crippen LogP contribution in [0, 0.1) is 35.5 Å². The molecule has 2 nitrogen and oxygen atoms in total. The fourth-order valence-corrected chi connectivity index (χ4v) is 2.04. The van der Waals surface area contributed by atoms with Gasteiger partial charge in [-0.1, -0.05) is 23.8 Å². The van der Waals surface area contributed by atoms with Gasteiger partial charge in [-0.05, 0) is 50.7 Å². The summed E-state index contributed by atoms with van der Waals surface area (Å²) in [6.45, 7) is 5.26. The second-order valence-corrected chi connectivity index (χ2v) is 5.71. The lowest BCUT2D eigenvalue weighted by molar-refractivity contribution is -0.138. The molecular weight excluding hydrogens is 316 g/mol. The molecule has 112 valence electrons. The molecule has 0 bridgehead atoms. The van der Waals surface area contributed by atoms with Crippen molar-refractivity contribution < 1.29 is 9.53 Å². The van der Waals surface area contributed by atoms with Crippen molar-refractivity contribution in [3.8, 4) is 35.5 Å². The van der Waals surface area contributed by atoms with E-state index in [2.05, 4.69) is 35.5 Å². The lowest BCUT2D eigenvalue weighted by atomic mass is 10.3. The van der Waals surface area contributed by atoms with Gasteiger partial charge >= 0.3 is 5.97 Å². The Hall–Kier alpha value is -2.12. The summed E-state index contributed by atoms with van der Waals surface area (Å²) in [6, 6.07) is 3.76. The van der Waals surface area contributed by atoms with E-state index < -0.39 is 5.38 Å². The molecule has 1 heterocycles. The average Bonchev–Trinajstić information content (AvgIpc) is 2.97. The highest BCUT2D eigenvalue weighted by molar-refractivity contribution is 7.13. The molecule has 0 spiro atoms. The summed E-state index contributed by atoms with van der Waals surface area (Å²) >= 11 is 7.49. The number of hydrogen-bond acceptors (Lipinski definition) is 3. The van der Waals surface area contributed by atoms with Crippen LogP contribution in [0.15, 0.2) is 23.8 Å². The Bertz CT molecular complexity index is 739. The topological polar surface area (TPSA) is 26.3 Å². The van der Waals surface area contributed by atoms with E-state index in [-0.39, 0.29) is 12.6 Å². The molecule has 0 saturated heterocycles. The van der Waals surface area contributed by atoms with Crippen molar-refractivity contribution >= 4 is 28.9 Å². The third-order valence-corrected chi connectivity index (χ3v) is 3.60. The molecule has 1 aromatic rings. The van der Waals surface area contributed by atoms with Crippen LogP contribution in [-0.2, 0) is 9.53 Å². The highest BCUT2D eigenvalue weighted by Gasteiger charge is 2.07. The average molecular weight is 331 g/mol. The second-order valence-electron chi connectivity index (χ2n) is 4.10. The number of esters is 1. The first kappa shape index (κ1) is 17.9. The summed E-state index contributed by atoms with van der Waals surface area (Å²) in [6.07, 6.45) is 1.69. The first-order valence-electron chi connectivity index (χ1n) is 6.55. The standard InChI is InChI=1S/C18H15ClO2S/c1-4-6-7-8-16-11-12-17(22-16)10-9-15(19)13-21-18(20)14(3)5-2/h5,11-12,15H,13H2,1-3H3/b14-5-/t15-/m0/s1. The van der Waals surface area contributed by atoms with Crippen molar-refractivity contribution in [1.82, 2.24) is 0 Å². The Morgan fingerprint density at radius 2 is 2.05 bits per heavy atom. The van der Waals surface area contributed by atoms with Crippen molar-refractivity contribution in [2.24, 2.45) is 0 Å². The van der Waals surface area contributed by atoms with E-state index in [0.29, 0.717) is 5.57 Å². The second kappa shape index (κ2) is 9.75.